The Kier molecular flexibility index (Phi) is 52.8. The van der Waals surface area contributed by atoms with Gasteiger partial charge in [0.05, 0.1) is 0 Å². The Balaban J connectivity index is 4.42. The number of ether oxygens (including phenoxy) is 3. The van der Waals surface area contributed by atoms with Crippen LogP contribution in [0.25, 0.3) is 0 Å². The van der Waals surface area contributed by atoms with E-state index in [4.69, 9.17) is 14.2 Å². The van der Waals surface area contributed by atoms with Crippen LogP contribution in [0.15, 0.2) is 72.9 Å². The molecule has 1 atom stereocenters. The minimum absolute atomic E-state index is 0.0871. The lowest BCUT2D eigenvalue weighted by atomic mass is 10.1. The van der Waals surface area contributed by atoms with Crippen molar-refractivity contribution in [2.45, 2.75) is 284 Å². The molecule has 6 nitrogen and oxygen atoms in total. The average Bonchev–Trinajstić information content (AvgIpc) is 3.33. The maximum atomic E-state index is 12.8. The SMILES string of the molecule is CCCC/C=C\C/C=C\CCCCCCCC(=O)OCC(COC(=O)CCCCCCCCC/C=C\C/C=C\CCCCCC)OC(=O)CCCCCCCCC/C=C\C/C=C\CCCCC. The fourth-order valence-corrected chi connectivity index (χ4v) is 7.81. The first kappa shape index (κ1) is 63.8. The van der Waals surface area contributed by atoms with Gasteiger partial charge in [0, 0.05) is 19.3 Å². The Morgan fingerprint density at radius 1 is 0.299 bits per heavy atom. The number of carbonyl (C=O) groups excluding carboxylic acids is 3. The van der Waals surface area contributed by atoms with Crippen LogP contribution in [0.1, 0.15) is 278 Å². The van der Waals surface area contributed by atoms with Crippen LogP contribution in [0.5, 0.6) is 0 Å². The lowest BCUT2D eigenvalue weighted by molar-refractivity contribution is -0.167. The molecule has 0 amide bonds. The Morgan fingerprint density at radius 2 is 0.552 bits per heavy atom. The van der Waals surface area contributed by atoms with Gasteiger partial charge in [0.2, 0.25) is 0 Å². The van der Waals surface area contributed by atoms with Crippen LogP contribution < -0.4 is 0 Å². The molecule has 0 saturated carbocycles. The molecule has 1 unspecified atom stereocenters. The molecule has 0 aromatic heterocycles. The molecule has 0 fully saturated rings. The van der Waals surface area contributed by atoms with Crippen LogP contribution in [0.3, 0.4) is 0 Å². The monoisotopic (exact) mass is 935 g/mol. The van der Waals surface area contributed by atoms with Crippen molar-refractivity contribution in [2.24, 2.45) is 0 Å². The third-order valence-corrected chi connectivity index (χ3v) is 12.2. The Morgan fingerprint density at radius 3 is 0.896 bits per heavy atom. The average molecular weight is 936 g/mol. The zero-order valence-corrected chi connectivity index (χ0v) is 44.2. The van der Waals surface area contributed by atoms with Crippen molar-refractivity contribution >= 4 is 17.9 Å². The van der Waals surface area contributed by atoms with E-state index >= 15 is 0 Å². The predicted molar refractivity (Wildman–Crippen MR) is 288 cm³/mol. The van der Waals surface area contributed by atoms with Crippen LogP contribution in [0.2, 0.25) is 0 Å². The molecule has 0 aliphatic rings. The van der Waals surface area contributed by atoms with E-state index in [0.717, 1.165) is 103 Å². The molecule has 0 aromatic rings. The van der Waals surface area contributed by atoms with Gasteiger partial charge in [-0.25, -0.2) is 0 Å². The summed E-state index contributed by atoms with van der Waals surface area (Å²) in [6.45, 7) is 6.55. The third-order valence-electron chi connectivity index (χ3n) is 12.2. The second-order valence-corrected chi connectivity index (χ2v) is 18.8. The van der Waals surface area contributed by atoms with E-state index in [1.54, 1.807) is 0 Å². The first-order valence-electron chi connectivity index (χ1n) is 28.4. The van der Waals surface area contributed by atoms with Crippen LogP contribution in [-0.2, 0) is 28.6 Å². The molecular weight excluding hydrogens is 829 g/mol. The van der Waals surface area contributed by atoms with Crippen molar-refractivity contribution in [3.8, 4) is 0 Å². The lowest BCUT2D eigenvalue weighted by Gasteiger charge is -2.18. The second-order valence-electron chi connectivity index (χ2n) is 18.8. The molecule has 0 radical (unpaired) electrons. The van der Waals surface area contributed by atoms with Gasteiger partial charge in [-0.15, -0.1) is 0 Å². The number of unbranched alkanes of at least 4 members (excludes halogenated alkanes) is 28. The fraction of sp³-hybridized carbons (Fsp3) is 0.754. The van der Waals surface area contributed by atoms with Gasteiger partial charge in [-0.3, -0.25) is 14.4 Å². The standard InChI is InChI=1S/C61H106O6/c1-4-7-10-13-16-19-22-25-28-30-32-33-36-39-42-45-48-51-54-60(63)66-57-58(56-65-59(62)53-50-47-44-41-38-35-27-24-21-18-15-12-9-6-3)67-61(64)55-52-49-46-43-40-37-34-31-29-26-23-20-17-14-11-8-5-2/h15,17-20,22,24,26-30,58H,4-14,16,21,23,25,31-57H2,1-3H3/b18-15-,20-17-,22-19-,27-24-,29-26-,30-28-. The van der Waals surface area contributed by atoms with E-state index in [0.29, 0.717) is 19.3 Å². The minimum Gasteiger partial charge on any atom is -0.462 e. The molecule has 0 saturated heterocycles. The smallest absolute Gasteiger partial charge is 0.306 e. The summed E-state index contributed by atoms with van der Waals surface area (Å²) in [4.78, 5) is 38.1. The summed E-state index contributed by atoms with van der Waals surface area (Å²) >= 11 is 0. The van der Waals surface area contributed by atoms with Gasteiger partial charge >= 0.3 is 17.9 Å². The summed E-state index contributed by atoms with van der Waals surface area (Å²) in [5, 5.41) is 0. The van der Waals surface area contributed by atoms with Crippen molar-refractivity contribution in [3.05, 3.63) is 72.9 Å². The van der Waals surface area contributed by atoms with Gasteiger partial charge < -0.3 is 14.2 Å². The molecule has 67 heavy (non-hydrogen) atoms. The topological polar surface area (TPSA) is 78.9 Å². The third kappa shape index (κ3) is 53.7. The largest absolute Gasteiger partial charge is 0.462 e. The predicted octanol–water partition coefficient (Wildman–Crippen LogP) is 19.0. The summed E-state index contributed by atoms with van der Waals surface area (Å²) in [5.74, 6) is -0.910. The van der Waals surface area contributed by atoms with E-state index in [9.17, 15) is 14.4 Å². The highest BCUT2D eigenvalue weighted by atomic mass is 16.6. The highest BCUT2D eigenvalue weighted by Crippen LogP contribution is 2.15. The van der Waals surface area contributed by atoms with E-state index < -0.39 is 6.10 Å². The summed E-state index contributed by atoms with van der Waals surface area (Å²) in [6, 6.07) is 0. The van der Waals surface area contributed by atoms with E-state index in [-0.39, 0.29) is 31.1 Å². The molecule has 0 aromatic carbocycles. The van der Waals surface area contributed by atoms with Gasteiger partial charge in [0.15, 0.2) is 6.10 Å². The van der Waals surface area contributed by atoms with Crippen molar-refractivity contribution in [1.82, 2.24) is 0 Å². The molecule has 0 heterocycles. The van der Waals surface area contributed by atoms with Crippen LogP contribution in [0.4, 0.5) is 0 Å². The highest BCUT2D eigenvalue weighted by molar-refractivity contribution is 5.71. The van der Waals surface area contributed by atoms with Crippen molar-refractivity contribution in [1.29, 1.82) is 0 Å². The summed E-state index contributed by atoms with van der Waals surface area (Å²) in [5.41, 5.74) is 0. The maximum Gasteiger partial charge on any atom is 0.306 e. The Labute approximate surface area is 414 Å². The quantitative estimate of drug-likeness (QED) is 0.0262. The number of allylic oxidation sites excluding steroid dienone is 12. The number of hydrogen-bond acceptors (Lipinski definition) is 6. The maximum absolute atomic E-state index is 12.8. The van der Waals surface area contributed by atoms with Crippen molar-refractivity contribution < 1.29 is 28.6 Å². The van der Waals surface area contributed by atoms with E-state index in [1.807, 2.05) is 0 Å². The molecule has 0 N–H and O–H groups in total. The van der Waals surface area contributed by atoms with E-state index in [2.05, 4.69) is 93.7 Å². The first-order valence-corrected chi connectivity index (χ1v) is 28.4. The molecule has 0 spiro atoms. The van der Waals surface area contributed by atoms with Crippen molar-refractivity contribution in [3.63, 3.8) is 0 Å². The number of rotatable bonds is 51. The summed E-state index contributed by atoms with van der Waals surface area (Å²) in [7, 11) is 0. The van der Waals surface area contributed by atoms with Crippen LogP contribution >= 0.6 is 0 Å². The Hall–Kier alpha value is -3.15. The fourth-order valence-electron chi connectivity index (χ4n) is 7.81. The molecule has 386 valence electrons. The molecule has 0 aliphatic heterocycles. The zero-order chi connectivity index (χ0) is 48.6. The molecular formula is C61H106O6. The normalized spacial score (nSPS) is 12.6. The van der Waals surface area contributed by atoms with E-state index in [1.165, 1.54) is 135 Å². The zero-order valence-electron chi connectivity index (χ0n) is 44.2. The first-order chi connectivity index (χ1) is 33.0. The van der Waals surface area contributed by atoms with Gasteiger partial charge in [0.1, 0.15) is 13.2 Å². The van der Waals surface area contributed by atoms with Gasteiger partial charge in [-0.2, -0.15) is 0 Å². The lowest BCUT2D eigenvalue weighted by Crippen LogP contribution is -2.30. The molecule has 0 aliphatic carbocycles. The second kappa shape index (κ2) is 55.4. The number of hydrogen-bond donors (Lipinski definition) is 0. The number of carbonyl (C=O) groups is 3. The van der Waals surface area contributed by atoms with Gasteiger partial charge in [-0.1, -0.05) is 222 Å². The van der Waals surface area contributed by atoms with Crippen LogP contribution in [-0.4, -0.2) is 37.2 Å². The molecule has 6 heteroatoms. The molecule has 0 bridgehead atoms. The number of esters is 3. The van der Waals surface area contributed by atoms with Gasteiger partial charge in [-0.05, 0) is 109 Å². The summed E-state index contributed by atoms with van der Waals surface area (Å²) < 4.78 is 16.8. The molecule has 0 rings (SSSR count). The van der Waals surface area contributed by atoms with Crippen molar-refractivity contribution in [2.75, 3.05) is 13.2 Å². The minimum atomic E-state index is -0.789. The summed E-state index contributed by atoms with van der Waals surface area (Å²) in [6.07, 6.45) is 70.2. The van der Waals surface area contributed by atoms with Crippen LogP contribution in [0, 0.1) is 0 Å². The van der Waals surface area contributed by atoms with Gasteiger partial charge in [0.25, 0.3) is 0 Å². The Bertz CT molecular complexity index is 1260. The highest BCUT2D eigenvalue weighted by Gasteiger charge is 2.19.